The molecule has 0 bridgehead atoms. The van der Waals surface area contributed by atoms with Gasteiger partial charge in [0.2, 0.25) is 0 Å². The fourth-order valence-corrected chi connectivity index (χ4v) is 2.06. The van der Waals surface area contributed by atoms with Crippen molar-refractivity contribution < 1.29 is 5.11 Å². The summed E-state index contributed by atoms with van der Waals surface area (Å²) in [5, 5.41) is 13.0. The van der Waals surface area contributed by atoms with E-state index in [9.17, 15) is 5.11 Å². The van der Waals surface area contributed by atoms with Gasteiger partial charge in [-0.05, 0) is 30.3 Å². The van der Waals surface area contributed by atoms with Crippen molar-refractivity contribution in [1.29, 1.82) is 0 Å². The predicted octanol–water partition coefficient (Wildman–Crippen LogP) is 3.23. The summed E-state index contributed by atoms with van der Waals surface area (Å²) in [6.07, 6.45) is 1.78. The van der Waals surface area contributed by atoms with E-state index >= 15 is 0 Å². The van der Waals surface area contributed by atoms with Gasteiger partial charge in [-0.2, -0.15) is 0 Å². The highest BCUT2D eigenvalue weighted by Crippen LogP contribution is 2.23. The van der Waals surface area contributed by atoms with Crippen LogP contribution in [-0.2, 0) is 6.54 Å². The minimum atomic E-state index is 0.286. The van der Waals surface area contributed by atoms with Gasteiger partial charge in [0.05, 0.1) is 11.9 Å². The highest BCUT2D eigenvalue weighted by molar-refractivity contribution is 9.10. The molecule has 0 aliphatic carbocycles. The van der Waals surface area contributed by atoms with Crippen molar-refractivity contribution in [2.45, 2.75) is 6.54 Å². The molecule has 0 atom stereocenters. The fraction of sp³-hybridized carbons (Fsp3) is 0.214. The first-order valence-corrected chi connectivity index (χ1v) is 6.70. The Morgan fingerprint density at radius 1 is 1.26 bits per heavy atom. The van der Waals surface area contributed by atoms with Crippen molar-refractivity contribution in [2.24, 2.45) is 0 Å². The SMILES string of the molecule is CN(C)c1ccc(NCc2cc(Br)ccc2O)cn1. The largest absolute Gasteiger partial charge is 0.508 e. The molecule has 100 valence electrons. The molecule has 0 amide bonds. The Balaban J connectivity index is 2.04. The van der Waals surface area contributed by atoms with Crippen LogP contribution in [-0.4, -0.2) is 24.2 Å². The van der Waals surface area contributed by atoms with E-state index in [1.807, 2.05) is 43.3 Å². The summed E-state index contributed by atoms with van der Waals surface area (Å²) < 4.78 is 0.947. The lowest BCUT2D eigenvalue weighted by molar-refractivity contribution is 0.469. The van der Waals surface area contributed by atoms with Gasteiger partial charge in [-0.3, -0.25) is 0 Å². The number of aromatic hydroxyl groups is 1. The van der Waals surface area contributed by atoms with Gasteiger partial charge in [0.1, 0.15) is 11.6 Å². The van der Waals surface area contributed by atoms with Crippen LogP contribution in [0.25, 0.3) is 0 Å². The Labute approximate surface area is 121 Å². The predicted molar refractivity (Wildman–Crippen MR) is 81.7 cm³/mol. The average Bonchev–Trinajstić information content (AvgIpc) is 2.40. The molecule has 0 saturated carbocycles. The van der Waals surface area contributed by atoms with Crippen molar-refractivity contribution in [3.8, 4) is 5.75 Å². The van der Waals surface area contributed by atoms with Gasteiger partial charge in [-0.15, -0.1) is 0 Å². The summed E-state index contributed by atoms with van der Waals surface area (Å²) in [4.78, 5) is 6.27. The van der Waals surface area contributed by atoms with E-state index in [-0.39, 0.29) is 5.75 Å². The number of rotatable bonds is 4. The second-order valence-corrected chi connectivity index (χ2v) is 5.34. The first-order chi connectivity index (χ1) is 9.06. The third-order valence-electron chi connectivity index (χ3n) is 2.73. The number of halogens is 1. The van der Waals surface area contributed by atoms with Gasteiger partial charge in [-0.25, -0.2) is 4.98 Å². The lowest BCUT2D eigenvalue weighted by atomic mass is 10.2. The minimum absolute atomic E-state index is 0.286. The van der Waals surface area contributed by atoms with E-state index < -0.39 is 0 Å². The Hall–Kier alpha value is -1.75. The van der Waals surface area contributed by atoms with E-state index in [2.05, 4.69) is 26.2 Å². The van der Waals surface area contributed by atoms with Crippen LogP contribution in [0, 0.1) is 0 Å². The summed E-state index contributed by atoms with van der Waals surface area (Å²) >= 11 is 3.39. The van der Waals surface area contributed by atoms with Crippen molar-refractivity contribution in [3.05, 3.63) is 46.6 Å². The number of phenolic OH excluding ortho intramolecular Hbond substituents is 1. The summed E-state index contributed by atoms with van der Waals surface area (Å²) in [6.45, 7) is 0.550. The van der Waals surface area contributed by atoms with Crippen molar-refractivity contribution in [1.82, 2.24) is 4.98 Å². The fourth-order valence-electron chi connectivity index (χ4n) is 1.65. The van der Waals surface area contributed by atoms with E-state index in [0.29, 0.717) is 6.54 Å². The molecule has 4 nitrogen and oxygen atoms in total. The molecule has 2 rings (SSSR count). The maximum atomic E-state index is 9.75. The number of nitrogens with one attached hydrogen (secondary N) is 1. The number of phenols is 1. The molecule has 0 spiro atoms. The van der Waals surface area contributed by atoms with Crippen LogP contribution in [0.15, 0.2) is 41.0 Å². The number of aromatic nitrogens is 1. The van der Waals surface area contributed by atoms with E-state index in [1.165, 1.54) is 0 Å². The third kappa shape index (κ3) is 3.61. The van der Waals surface area contributed by atoms with Crippen LogP contribution in [0.5, 0.6) is 5.75 Å². The molecule has 0 aliphatic rings. The number of hydrogen-bond acceptors (Lipinski definition) is 4. The number of benzene rings is 1. The standard InChI is InChI=1S/C14H16BrN3O/c1-18(2)14-6-4-12(9-17-14)16-8-10-7-11(15)3-5-13(10)19/h3-7,9,16,19H,8H2,1-2H3. The summed E-state index contributed by atoms with van der Waals surface area (Å²) in [5.74, 6) is 1.20. The highest BCUT2D eigenvalue weighted by Gasteiger charge is 2.02. The second-order valence-electron chi connectivity index (χ2n) is 4.43. The van der Waals surface area contributed by atoms with E-state index in [4.69, 9.17) is 0 Å². The number of nitrogens with zero attached hydrogens (tertiary/aromatic N) is 2. The molecule has 0 saturated heterocycles. The van der Waals surface area contributed by atoms with Gasteiger partial charge in [-0.1, -0.05) is 15.9 Å². The smallest absolute Gasteiger partial charge is 0.128 e. The molecule has 2 aromatic rings. The van der Waals surface area contributed by atoms with Gasteiger partial charge in [0, 0.05) is 30.7 Å². The Kier molecular flexibility index (Phi) is 4.27. The van der Waals surface area contributed by atoms with E-state index in [0.717, 1.165) is 21.5 Å². The lowest BCUT2D eigenvalue weighted by Crippen LogP contribution is -2.10. The zero-order valence-electron chi connectivity index (χ0n) is 10.9. The van der Waals surface area contributed by atoms with Gasteiger partial charge in [0.25, 0.3) is 0 Å². The van der Waals surface area contributed by atoms with Crippen molar-refractivity contribution >= 4 is 27.4 Å². The molecular formula is C14H16BrN3O. The quantitative estimate of drug-likeness (QED) is 0.907. The van der Waals surface area contributed by atoms with Crippen LogP contribution in [0.3, 0.4) is 0 Å². The first kappa shape index (κ1) is 13.7. The molecule has 2 N–H and O–H groups in total. The lowest BCUT2D eigenvalue weighted by Gasteiger charge is -2.12. The molecular weight excluding hydrogens is 306 g/mol. The Morgan fingerprint density at radius 2 is 2.05 bits per heavy atom. The molecule has 0 fully saturated rings. The molecule has 1 aromatic carbocycles. The summed E-state index contributed by atoms with van der Waals surface area (Å²) in [5.41, 5.74) is 1.76. The number of hydrogen-bond donors (Lipinski definition) is 2. The van der Waals surface area contributed by atoms with Crippen LogP contribution in [0.4, 0.5) is 11.5 Å². The zero-order chi connectivity index (χ0) is 13.8. The minimum Gasteiger partial charge on any atom is -0.508 e. The second kappa shape index (κ2) is 5.93. The van der Waals surface area contributed by atoms with Crippen molar-refractivity contribution in [3.63, 3.8) is 0 Å². The molecule has 0 aliphatic heterocycles. The van der Waals surface area contributed by atoms with Gasteiger partial charge >= 0.3 is 0 Å². The van der Waals surface area contributed by atoms with Crippen molar-refractivity contribution in [2.75, 3.05) is 24.3 Å². The summed E-state index contributed by atoms with van der Waals surface area (Å²) in [6, 6.07) is 9.30. The van der Waals surface area contributed by atoms with Crippen LogP contribution in [0.2, 0.25) is 0 Å². The molecule has 19 heavy (non-hydrogen) atoms. The number of pyridine rings is 1. The molecule has 1 heterocycles. The first-order valence-electron chi connectivity index (χ1n) is 5.91. The Morgan fingerprint density at radius 3 is 2.68 bits per heavy atom. The maximum Gasteiger partial charge on any atom is 0.128 e. The Bertz CT molecular complexity index is 555. The molecule has 5 heteroatoms. The maximum absolute atomic E-state index is 9.75. The van der Waals surface area contributed by atoms with Crippen LogP contribution in [0.1, 0.15) is 5.56 Å². The average molecular weight is 322 g/mol. The molecule has 0 radical (unpaired) electrons. The molecule has 1 aromatic heterocycles. The van der Waals surface area contributed by atoms with Gasteiger partial charge in [0.15, 0.2) is 0 Å². The van der Waals surface area contributed by atoms with E-state index in [1.54, 1.807) is 12.3 Å². The monoisotopic (exact) mass is 321 g/mol. The van der Waals surface area contributed by atoms with Crippen LogP contribution >= 0.6 is 15.9 Å². The zero-order valence-corrected chi connectivity index (χ0v) is 12.5. The topological polar surface area (TPSA) is 48.4 Å². The summed E-state index contributed by atoms with van der Waals surface area (Å²) in [7, 11) is 3.91. The normalized spacial score (nSPS) is 10.3. The van der Waals surface area contributed by atoms with Crippen LogP contribution < -0.4 is 10.2 Å². The van der Waals surface area contributed by atoms with Gasteiger partial charge < -0.3 is 15.3 Å². The highest BCUT2D eigenvalue weighted by atomic mass is 79.9. The molecule has 0 unspecified atom stereocenters. The third-order valence-corrected chi connectivity index (χ3v) is 3.22. The number of anilines is 2.